The minimum absolute atomic E-state index is 0.0191. The van der Waals surface area contributed by atoms with E-state index >= 15 is 0 Å². The fourth-order valence-electron chi connectivity index (χ4n) is 4.15. The standard InChI is InChI=1S/C21H26N4O3/c1-5-24(21(27)28)18-10-13(2)25(4,14(3)26)19-8-6-15(11-17(18)19)16-7-9-20(22)23-12-16/h6-9,11-13,18H,5,10H2,1-4H3,(H2-,22,23,27,28)/t13-,18+,25?/m0/s1. The maximum atomic E-state index is 12.6. The van der Waals surface area contributed by atoms with Gasteiger partial charge in [-0.2, -0.15) is 0 Å². The summed E-state index contributed by atoms with van der Waals surface area (Å²) in [6.45, 7) is 5.67. The van der Waals surface area contributed by atoms with E-state index in [2.05, 4.69) is 4.98 Å². The number of nitrogens with zero attached hydrogens (tertiary/aromatic N) is 3. The van der Waals surface area contributed by atoms with Gasteiger partial charge in [-0.15, -0.1) is 0 Å². The van der Waals surface area contributed by atoms with Gasteiger partial charge in [0, 0.05) is 36.4 Å². The van der Waals surface area contributed by atoms with Gasteiger partial charge in [0.2, 0.25) is 0 Å². The number of hydrogen-bond donors (Lipinski definition) is 1. The quantitative estimate of drug-likeness (QED) is 0.821. The van der Waals surface area contributed by atoms with E-state index in [-0.39, 0.29) is 22.5 Å². The molecule has 28 heavy (non-hydrogen) atoms. The van der Waals surface area contributed by atoms with E-state index in [0.717, 1.165) is 22.4 Å². The van der Waals surface area contributed by atoms with Gasteiger partial charge in [-0.3, -0.25) is 0 Å². The Kier molecular flexibility index (Phi) is 5.12. The van der Waals surface area contributed by atoms with Gasteiger partial charge in [0.25, 0.3) is 0 Å². The van der Waals surface area contributed by atoms with Crippen LogP contribution in [0.25, 0.3) is 11.1 Å². The van der Waals surface area contributed by atoms with Gasteiger partial charge < -0.3 is 20.5 Å². The van der Waals surface area contributed by atoms with Gasteiger partial charge >= 0.3 is 5.91 Å². The van der Waals surface area contributed by atoms with Crippen LogP contribution in [0.3, 0.4) is 0 Å². The first kappa shape index (κ1) is 19.8. The van der Waals surface area contributed by atoms with Gasteiger partial charge in [0.05, 0.1) is 26.1 Å². The summed E-state index contributed by atoms with van der Waals surface area (Å²) in [5.41, 5.74) is 9.11. The van der Waals surface area contributed by atoms with E-state index in [1.807, 2.05) is 38.2 Å². The Morgan fingerprint density at radius 3 is 2.50 bits per heavy atom. The van der Waals surface area contributed by atoms with Crippen molar-refractivity contribution in [3.63, 3.8) is 0 Å². The van der Waals surface area contributed by atoms with Crippen LogP contribution >= 0.6 is 0 Å². The number of carboxylic acid groups (broad SMARTS) is 1. The number of aromatic nitrogens is 1. The Bertz CT molecular complexity index is 912. The SMILES string of the molecule is CCN(C(=O)[O-])[C@@H]1C[C@H](C)[N+](C)(C(C)=O)c2ccc(-c3ccc(N)nc3)cc21. The number of rotatable bonds is 3. The summed E-state index contributed by atoms with van der Waals surface area (Å²) in [6, 6.07) is 9.00. The van der Waals surface area contributed by atoms with Gasteiger partial charge in [0.1, 0.15) is 17.6 Å². The molecule has 1 aliphatic heterocycles. The van der Waals surface area contributed by atoms with E-state index in [4.69, 9.17) is 5.73 Å². The molecule has 2 heterocycles. The number of nitrogens with two attached hydrogens (primary N) is 1. The largest absolute Gasteiger partial charge is 0.530 e. The van der Waals surface area contributed by atoms with Gasteiger partial charge in [0.15, 0.2) is 0 Å². The third-order valence-electron chi connectivity index (χ3n) is 6.06. The second-order valence-corrected chi connectivity index (χ2v) is 7.49. The number of pyridine rings is 1. The third-order valence-corrected chi connectivity index (χ3v) is 6.06. The van der Waals surface area contributed by atoms with Crippen molar-refractivity contribution in [2.24, 2.45) is 0 Å². The van der Waals surface area contributed by atoms with Crippen molar-refractivity contribution in [1.29, 1.82) is 0 Å². The highest BCUT2D eigenvalue weighted by Crippen LogP contribution is 2.45. The first-order chi connectivity index (χ1) is 13.2. The summed E-state index contributed by atoms with van der Waals surface area (Å²) in [5.74, 6) is 0.453. The summed E-state index contributed by atoms with van der Waals surface area (Å²) in [6.07, 6.45) is 1.02. The maximum absolute atomic E-state index is 12.6. The van der Waals surface area contributed by atoms with Crippen molar-refractivity contribution < 1.29 is 14.7 Å². The van der Waals surface area contributed by atoms with Crippen molar-refractivity contribution in [3.8, 4) is 11.1 Å². The van der Waals surface area contributed by atoms with Crippen molar-refractivity contribution in [2.45, 2.75) is 39.3 Å². The molecule has 3 atom stereocenters. The highest BCUT2D eigenvalue weighted by atomic mass is 16.4. The second kappa shape index (κ2) is 7.24. The number of amides is 2. The summed E-state index contributed by atoms with van der Waals surface area (Å²) in [7, 11) is 1.89. The van der Waals surface area contributed by atoms with Gasteiger partial charge in [-0.05, 0) is 43.7 Å². The Hall–Kier alpha value is -2.93. The number of fused-ring (bicyclic) bond motifs is 1. The zero-order chi connectivity index (χ0) is 20.6. The molecule has 0 saturated heterocycles. The summed E-state index contributed by atoms with van der Waals surface area (Å²) < 4.78 is 0.136. The van der Waals surface area contributed by atoms with Crippen LogP contribution in [-0.2, 0) is 4.79 Å². The van der Waals surface area contributed by atoms with Gasteiger partial charge in [-0.1, -0.05) is 0 Å². The molecule has 0 saturated carbocycles. The number of hydrogen-bond acceptors (Lipinski definition) is 5. The Labute approximate surface area is 165 Å². The van der Waals surface area contributed by atoms with Crippen LogP contribution in [0, 0.1) is 0 Å². The van der Waals surface area contributed by atoms with Crippen molar-refractivity contribution in [2.75, 3.05) is 19.3 Å². The molecule has 7 heteroatoms. The lowest BCUT2D eigenvalue weighted by molar-refractivity contribution is -0.268. The molecule has 2 N–H and O–H groups in total. The maximum Gasteiger partial charge on any atom is 0.315 e. The summed E-state index contributed by atoms with van der Waals surface area (Å²) in [4.78, 5) is 29.8. The lowest BCUT2D eigenvalue weighted by Gasteiger charge is -2.47. The van der Waals surface area contributed by atoms with Crippen LogP contribution in [0.4, 0.5) is 16.3 Å². The predicted molar refractivity (Wildman–Crippen MR) is 107 cm³/mol. The third kappa shape index (κ3) is 3.11. The van der Waals surface area contributed by atoms with Crippen molar-refractivity contribution in [3.05, 3.63) is 42.1 Å². The van der Waals surface area contributed by atoms with Crippen LogP contribution in [0.1, 0.15) is 38.8 Å². The van der Waals surface area contributed by atoms with E-state index in [1.54, 1.807) is 26.1 Å². The number of nitrogen functional groups attached to an aromatic ring is 1. The zero-order valence-corrected chi connectivity index (χ0v) is 16.7. The van der Waals surface area contributed by atoms with Crippen LogP contribution in [-0.4, -0.2) is 41.5 Å². The molecule has 3 rings (SSSR count). The molecule has 1 aliphatic rings. The lowest BCUT2D eigenvalue weighted by Crippen LogP contribution is -2.60. The average molecular weight is 382 g/mol. The van der Waals surface area contributed by atoms with Crippen molar-refractivity contribution >= 4 is 23.5 Å². The molecule has 0 radical (unpaired) electrons. The average Bonchev–Trinajstić information content (AvgIpc) is 2.66. The molecule has 2 amide bonds. The molecule has 0 bridgehead atoms. The van der Waals surface area contributed by atoms with E-state index < -0.39 is 6.09 Å². The number of quaternary nitrogens is 1. The van der Waals surface area contributed by atoms with Gasteiger partial charge in [-0.25, -0.2) is 14.3 Å². The number of benzene rings is 1. The summed E-state index contributed by atoms with van der Waals surface area (Å²) >= 11 is 0. The smallest absolute Gasteiger partial charge is 0.315 e. The number of anilines is 1. The number of carbonyl (C=O) groups excluding carboxylic acids is 2. The highest BCUT2D eigenvalue weighted by molar-refractivity contribution is 5.89. The highest BCUT2D eigenvalue weighted by Gasteiger charge is 2.47. The van der Waals surface area contributed by atoms with Crippen LogP contribution in [0.2, 0.25) is 0 Å². The molecule has 2 aromatic rings. The van der Waals surface area contributed by atoms with Crippen molar-refractivity contribution in [1.82, 2.24) is 14.4 Å². The number of carbonyl (C=O) groups is 2. The predicted octanol–water partition coefficient (Wildman–Crippen LogP) is 2.31. The van der Waals surface area contributed by atoms with Crippen LogP contribution in [0.15, 0.2) is 36.5 Å². The van der Waals surface area contributed by atoms with E-state index in [9.17, 15) is 14.7 Å². The molecule has 0 fully saturated rings. The Balaban J connectivity index is 2.21. The molecule has 7 nitrogen and oxygen atoms in total. The Morgan fingerprint density at radius 2 is 1.96 bits per heavy atom. The van der Waals surface area contributed by atoms with Crippen LogP contribution in [0.5, 0.6) is 0 Å². The molecule has 1 unspecified atom stereocenters. The zero-order valence-electron chi connectivity index (χ0n) is 16.7. The molecular weight excluding hydrogens is 356 g/mol. The minimum atomic E-state index is -1.20. The topological polar surface area (TPSA) is 99.4 Å². The lowest BCUT2D eigenvalue weighted by atomic mass is 9.86. The second-order valence-electron chi connectivity index (χ2n) is 7.49. The minimum Gasteiger partial charge on any atom is -0.530 e. The van der Waals surface area contributed by atoms with Crippen LogP contribution < -0.4 is 15.3 Å². The first-order valence-corrected chi connectivity index (χ1v) is 9.41. The molecule has 1 aromatic heterocycles. The molecule has 1 aromatic carbocycles. The molecule has 0 aliphatic carbocycles. The fraction of sp³-hybridized carbons (Fsp3) is 0.381. The fourth-order valence-corrected chi connectivity index (χ4v) is 4.15. The Morgan fingerprint density at radius 1 is 1.29 bits per heavy atom. The normalized spacial score (nSPS) is 23.7. The monoisotopic (exact) mass is 382 g/mol. The molecule has 0 spiro atoms. The van der Waals surface area contributed by atoms with E-state index in [0.29, 0.717) is 18.8 Å². The van der Waals surface area contributed by atoms with E-state index in [1.165, 1.54) is 4.90 Å². The molecular formula is C21H26N4O3. The first-order valence-electron chi connectivity index (χ1n) is 9.41. The summed E-state index contributed by atoms with van der Waals surface area (Å²) in [5, 5.41) is 11.8. The molecule has 148 valence electrons.